The fourth-order valence-electron chi connectivity index (χ4n) is 5.08. The van der Waals surface area contributed by atoms with Crippen LogP contribution in [0.15, 0.2) is 60.9 Å². The molecule has 7 nitrogen and oxygen atoms in total. The Bertz CT molecular complexity index is 1240. The van der Waals surface area contributed by atoms with Gasteiger partial charge < -0.3 is 15.2 Å². The number of rotatable bonds is 4. The molecule has 5 heterocycles. The summed E-state index contributed by atoms with van der Waals surface area (Å²) < 4.78 is 7.96. The number of benzene rings is 1. The molecule has 0 spiro atoms. The summed E-state index contributed by atoms with van der Waals surface area (Å²) in [5, 5.41) is 27.4. The Labute approximate surface area is 186 Å². The Morgan fingerprint density at radius 3 is 2.62 bits per heavy atom. The molecule has 0 amide bonds. The average molecular weight is 428 g/mol. The van der Waals surface area contributed by atoms with Gasteiger partial charge in [0.2, 0.25) is 5.88 Å². The number of phenols is 1. The molecule has 2 bridgehead atoms. The van der Waals surface area contributed by atoms with Crippen molar-refractivity contribution in [1.82, 2.24) is 25.1 Å². The lowest BCUT2D eigenvalue weighted by molar-refractivity contribution is 0.0881. The zero-order valence-electron chi connectivity index (χ0n) is 17.7. The maximum Gasteiger partial charge on any atom is 0.233 e. The fourth-order valence-corrected chi connectivity index (χ4v) is 5.08. The van der Waals surface area contributed by atoms with Crippen LogP contribution in [-0.4, -0.2) is 43.1 Å². The van der Waals surface area contributed by atoms with Crippen LogP contribution in [0.5, 0.6) is 11.6 Å². The molecule has 6 rings (SSSR count). The van der Waals surface area contributed by atoms with Gasteiger partial charge in [-0.05, 0) is 61.6 Å². The normalized spacial score (nSPS) is 22.7. The third kappa shape index (κ3) is 3.58. The quantitative estimate of drug-likeness (QED) is 0.507. The molecular weight excluding hydrogens is 402 g/mol. The van der Waals surface area contributed by atoms with Crippen molar-refractivity contribution in [3.05, 3.63) is 60.9 Å². The van der Waals surface area contributed by atoms with E-state index in [9.17, 15) is 5.11 Å². The number of nitrogens with zero attached hydrogens (tertiary/aromatic N) is 4. The van der Waals surface area contributed by atoms with Gasteiger partial charge in [0.25, 0.3) is 0 Å². The number of aromatic hydroxyl groups is 1. The number of fused-ring (bicyclic) bond motifs is 3. The van der Waals surface area contributed by atoms with E-state index in [4.69, 9.17) is 4.74 Å². The number of aromatic nitrogens is 4. The molecule has 0 radical (unpaired) electrons. The number of nitrogens with one attached hydrogen (secondary N) is 1. The monoisotopic (exact) mass is 427 g/mol. The van der Waals surface area contributed by atoms with Gasteiger partial charge in [0.15, 0.2) is 0 Å². The van der Waals surface area contributed by atoms with E-state index in [0.29, 0.717) is 29.2 Å². The van der Waals surface area contributed by atoms with Crippen molar-refractivity contribution < 1.29 is 9.84 Å². The lowest BCUT2D eigenvalue weighted by Gasteiger charge is -2.39. The van der Waals surface area contributed by atoms with Gasteiger partial charge in [-0.2, -0.15) is 5.10 Å². The minimum absolute atomic E-state index is 0.159. The van der Waals surface area contributed by atoms with Gasteiger partial charge in [-0.15, -0.1) is 10.2 Å². The first-order chi connectivity index (χ1) is 15.7. The Kier molecular flexibility index (Phi) is 4.76. The molecule has 0 saturated carbocycles. The average Bonchev–Trinajstić information content (AvgIpc) is 3.24. The van der Waals surface area contributed by atoms with Crippen molar-refractivity contribution in [2.75, 3.05) is 0 Å². The smallest absolute Gasteiger partial charge is 0.233 e. The van der Waals surface area contributed by atoms with E-state index >= 15 is 0 Å². The van der Waals surface area contributed by atoms with Gasteiger partial charge in [-0.25, -0.2) is 4.52 Å². The van der Waals surface area contributed by atoms with Crippen LogP contribution < -0.4 is 10.1 Å². The highest BCUT2D eigenvalue weighted by Gasteiger charge is 2.32. The standard InChI is InChI=1S/C25H25N5O2/c31-24-12-16(21-15-26-30-11-2-1-6-23(21)30)7-8-20(24)22-9-10-25(29-28-22)32-19-13-17-4-3-5-18(14-19)27-17/h1-2,6-12,15,17-19,27,31H,3-5,13-14H2. The molecule has 2 atom stereocenters. The van der Waals surface area contributed by atoms with Crippen molar-refractivity contribution in [1.29, 1.82) is 0 Å². The lowest BCUT2D eigenvalue weighted by Crippen LogP contribution is -2.51. The van der Waals surface area contributed by atoms with Gasteiger partial charge in [-0.1, -0.05) is 18.6 Å². The van der Waals surface area contributed by atoms with Crippen molar-refractivity contribution in [2.24, 2.45) is 0 Å². The van der Waals surface area contributed by atoms with E-state index in [2.05, 4.69) is 20.6 Å². The van der Waals surface area contributed by atoms with Crippen LogP contribution in [0, 0.1) is 0 Å². The molecule has 162 valence electrons. The highest BCUT2D eigenvalue weighted by molar-refractivity contribution is 5.82. The van der Waals surface area contributed by atoms with Crippen LogP contribution in [-0.2, 0) is 0 Å². The summed E-state index contributed by atoms with van der Waals surface area (Å²) in [6, 6.07) is 16.3. The molecule has 2 N–H and O–H groups in total. The van der Waals surface area contributed by atoms with Crippen molar-refractivity contribution in [3.63, 3.8) is 0 Å². The minimum Gasteiger partial charge on any atom is -0.507 e. The predicted molar refractivity (Wildman–Crippen MR) is 122 cm³/mol. The number of piperidine rings is 2. The zero-order chi connectivity index (χ0) is 21.5. The molecule has 3 aromatic heterocycles. The third-order valence-electron chi connectivity index (χ3n) is 6.61. The van der Waals surface area contributed by atoms with Gasteiger partial charge in [-0.3, -0.25) is 0 Å². The molecule has 4 aromatic rings. The van der Waals surface area contributed by atoms with E-state index in [-0.39, 0.29) is 11.9 Å². The molecule has 32 heavy (non-hydrogen) atoms. The highest BCUT2D eigenvalue weighted by atomic mass is 16.5. The van der Waals surface area contributed by atoms with Crippen LogP contribution in [0.25, 0.3) is 27.9 Å². The maximum atomic E-state index is 10.7. The van der Waals surface area contributed by atoms with Crippen LogP contribution in [0.2, 0.25) is 0 Å². The predicted octanol–water partition coefficient (Wildman–Crippen LogP) is 4.22. The molecule has 2 aliphatic heterocycles. The Balaban J connectivity index is 1.20. The minimum atomic E-state index is 0.159. The summed E-state index contributed by atoms with van der Waals surface area (Å²) in [6.45, 7) is 0. The van der Waals surface area contributed by atoms with Crippen LogP contribution in [0.1, 0.15) is 32.1 Å². The summed E-state index contributed by atoms with van der Waals surface area (Å²) in [5.41, 5.74) is 4.11. The van der Waals surface area contributed by atoms with Crippen molar-refractivity contribution >= 4 is 5.52 Å². The lowest BCUT2D eigenvalue weighted by atomic mass is 9.85. The Morgan fingerprint density at radius 1 is 0.969 bits per heavy atom. The van der Waals surface area contributed by atoms with E-state index in [1.54, 1.807) is 6.07 Å². The van der Waals surface area contributed by atoms with Gasteiger partial charge >= 0.3 is 0 Å². The largest absolute Gasteiger partial charge is 0.507 e. The first kappa shape index (κ1) is 19.3. The van der Waals surface area contributed by atoms with Gasteiger partial charge in [0.05, 0.1) is 17.4 Å². The highest BCUT2D eigenvalue weighted by Crippen LogP contribution is 2.34. The second kappa shape index (κ2) is 7.91. The number of hydrogen-bond donors (Lipinski definition) is 2. The summed E-state index contributed by atoms with van der Waals surface area (Å²) in [6.07, 6.45) is 9.70. The summed E-state index contributed by atoms with van der Waals surface area (Å²) in [7, 11) is 0. The molecule has 1 aromatic carbocycles. The summed E-state index contributed by atoms with van der Waals surface area (Å²) >= 11 is 0. The number of phenolic OH excluding ortho intramolecular Hbond substituents is 1. The molecule has 2 fully saturated rings. The number of pyridine rings is 1. The fraction of sp³-hybridized carbons (Fsp3) is 0.320. The maximum absolute atomic E-state index is 10.7. The Hall–Kier alpha value is -3.45. The van der Waals surface area contributed by atoms with E-state index in [1.165, 1.54) is 19.3 Å². The van der Waals surface area contributed by atoms with Crippen LogP contribution in [0.4, 0.5) is 0 Å². The van der Waals surface area contributed by atoms with Crippen molar-refractivity contribution in [2.45, 2.75) is 50.3 Å². The molecule has 2 saturated heterocycles. The topological polar surface area (TPSA) is 84.6 Å². The third-order valence-corrected chi connectivity index (χ3v) is 6.61. The zero-order valence-corrected chi connectivity index (χ0v) is 17.7. The summed E-state index contributed by atoms with van der Waals surface area (Å²) in [4.78, 5) is 0. The number of hydrogen-bond acceptors (Lipinski definition) is 6. The van der Waals surface area contributed by atoms with Crippen LogP contribution >= 0.6 is 0 Å². The molecular formula is C25H25N5O2. The number of ether oxygens (including phenoxy) is 1. The molecule has 0 aliphatic carbocycles. The van der Waals surface area contributed by atoms with Gasteiger partial charge in [0, 0.05) is 35.5 Å². The van der Waals surface area contributed by atoms with Crippen molar-refractivity contribution in [3.8, 4) is 34.0 Å². The van der Waals surface area contributed by atoms with E-state index < -0.39 is 0 Å². The molecule has 7 heteroatoms. The first-order valence-electron chi connectivity index (χ1n) is 11.3. The molecule has 2 aliphatic rings. The summed E-state index contributed by atoms with van der Waals surface area (Å²) in [5.74, 6) is 0.702. The Morgan fingerprint density at radius 2 is 1.84 bits per heavy atom. The second-order valence-corrected chi connectivity index (χ2v) is 8.78. The SMILES string of the molecule is Oc1cc(-c2cnn3ccccc23)ccc1-c1ccc(OC2CC3CCCC(C2)N3)nn1. The second-order valence-electron chi connectivity index (χ2n) is 8.78. The van der Waals surface area contributed by atoms with Crippen LogP contribution in [0.3, 0.4) is 0 Å². The molecule has 2 unspecified atom stereocenters. The van der Waals surface area contributed by atoms with E-state index in [1.807, 2.05) is 59.4 Å². The first-order valence-corrected chi connectivity index (χ1v) is 11.3. The van der Waals surface area contributed by atoms with Gasteiger partial charge in [0.1, 0.15) is 11.9 Å². The van der Waals surface area contributed by atoms with E-state index in [0.717, 1.165) is 29.5 Å².